The summed E-state index contributed by atoms with van der Waals surface area (Å²) in [7, 11) is 3.40. The van der Waals surface area contributed by atoms with E-state index in [1.54, 1.807) is 0 Å². The van der Waals surface area contributed by atoms with E-state index in [0.29, 0.717) is 6.42 Å². The van der Waals surface area contributed by atoms with Crippen molar-refractivity contribution in [3.05, 3.63) is 0 Å². The lowest BCUT2D eigenvalue weighted by Gasteiger charge is -2.31. The molecule has 0 radical (unpaired) electrons. The minimum atomic E-state index is -1.41. The van der Waals surface area contributed by atoms with Crippen LogP contribution in [0.4, 0.5) is 0 Å². The number of esters is 1. The molecule has 0 aliphatic carbocycles. The minimum Gasteiger partial charge on any atom is -0.467 e. The van der Waals surface area contributed by atoms with Crippen LogP contribution in [0.1, 0.15) is 65.7 Å². The van der Waals surface area contributed by atoms with Crippen molar-refractivity contribution < 1.29 is 47.9 Å². The molecule has 2 fully saturated rings. The van der Waals surface area contributed by atoms with Crippen LogP contribution < -0.4 is 38.1 Å². The van der Waals surface area contributed by atoms with Gasteiger partial charge in [0.1, 0.15) is 36.3 Å². The van der Waals surface area contributed by atoms with Crippen molar-refractivity contribution in [3.8, 4) is 0 Å². The molecule has 0 aromatic heterocycles. The Labute approximate surface area is 298 Å². The second-order valence-electron chi connectivity index (χ2n) is 12.4. The Morgan fingerprint density at radius 1 is 0.840 bits per heavy atom. The summed E-state index contributed by atoms with van der Waals surface area (Å²) >= 11 is 0. The average molecular weight is 745 g/mol. The molecule has 18 nitrogen and oxygen atoms in total. The Morgan fingerprint density at radius 2 is 1.40 bits per heavy atom. The van der Waals surface area contributed by atoms with Crippen molar-refractivity contribution in [1.82, 2.24) is 31.5 Å². The predicted molar refractivity (Wildman–Crippen MR) is 183 cm³/mol. The van der Waals surface area contributed by atoms with Crippen molar-refractivity contribution in [2.45, 2.75) is 102 Å². The summed E-state index contributed by atoms with van der Waals surface area (Å²) in [6.45, 7) is 4.97. The number of primary amides is 2. The second kappa shape index (κ2) is 20.6. The highest BCUT2D eigenvalue weighted by molar-refractivity contribution is 8.76. The fourth-order valence-corrected chi connectivity index (χ4v) is 7.67. The maximum atomic E-state index is 13.9. The smallest absolute Gasteiger partial charge is 0.329 e. The predicted octanol–water partition coefficient (Wildman–Crippen LogP) is -2.43. The quantitative estimate of drug-likeness (QED) is 0.0909. The van der Waals surface area contributed by atoms with E-state index in [4.69, 9.17) is 16.2 Å². The number of nitrogens with zero attached hydrogens (tertiary/aromatic N) is 1. The van der Waals surface area contributed by atoms with E-state index in [0.717, 1.165) is 28.7 Å². The van der Waals surface area contributed by atoms with Crippen LogP contribution in [-0.2, 0) is 47.9 Å². The van der Waals surface area contributed by atoms with Crippen LogP contribution in [0.15, 0.2) is 0 Å². The molecule has 0 spiro atoms. The SMILES string of the molecule is COC(=O)[C@@H]1CSSC[C@H](NC(C)=O)C(=O)N[C@@H](CC(C)C)C(=O)N[C@@H](CCC(N)=O)C(=O)N[C@@H](CCC(N)=O)C(=O)N2CCC[C@H]2C(=O)N1. The number of nitrogens with two attached hydrogens (primary N) is 2. The van der Waals surface area contributed by atoms with Crippen LogP contribution in [0.25, 0.3) is 0 Å². The number of hydrogen-bond acceptors (Lipinski definition) is 12. The van der Waals surface area contributed by atoms with Gasteiger partial charge >= 0.3 is 5.97 Å². The summed E-state index contributed by atoms with van der Waals surface area (Å²) in [5.41, 5.74) is 10.7. The number of carbonyl (C=O) groups is 9. The number of methoxy groups -OCH3 is 1. The van der Waals surface area contributed by atoms with E-state index < -0.39 is 89.5 Å². The minimum absolute atomic E-state index is 0.000518. The van der Waals surface area contributed by atoms with Gasteiger partial charge in [-0.1, -0.05) is 35.4 Å². The van der Waals surface area contributed by atoms with Gasteiger partial charge in [-0.05, 0) is 38.0 Å². The summed E-state index contributed by atoms with van der Waals surface area (Å²) in [6.07, 6.45) is -0.340. The number of rotatable bonds is 10. The largest absolute Gasteiger partial charge is 0.467 e. The number of nitrogens with one attached hydrogen (secondary N) is 5. The third-order valence-electron chi connectivity index (χ3n) is 7.83. The number of hydrogen-bond donors (Lipinski definition) is 7. The monoisotopic (exact) mass is 744 g/mol. The summed E-state index contributed by atoms with van der Waals surface area (Å²) in [5, 5.41) is 12.9. The zero-order valence-electron chi connectivity index (χ0n) is 28.6. The maximum Gasteiger partial charge on any atom is 0.329 e. The molecular weight excluding hydrogens is 697 g/mol. The van der Waals surface area contributed by atoms with Crippen LogP contribution in [0.3, 0.4) is 0 Å². The Balaban J connectivity index is 2.57. The first-order chi connectivity index (χ1) is 23.5. The summed E-state index contributed by atoms with van der Waals surface area (Å²) in [4.78, 5) is 117. The van der Waals surface area contributed by atoms with Gasteiger partial charge in [0.05, 0.1) is 7.11 Å². The molecule has 0 saturated carbocycles. The van der Waals surface area contributed by atoms with E-state index >= 15 is 0 Å². The number of ether oxygens (including phenoxy) is 1. The van der Waals surface area contributed by atoms with Crippen molar-refractivity contribution in [2.24, 2.45) is 17.4 Å². The van der Waals surface area contributed by atoms with Crippen molar-refractivity contribution in [2.75, 3.05) is 25.2 Å². The molecule has 0 aromatic carbocycles. The standard InChI is InChI=1S/C30H48N8O10S2/c1-15(2)12-19-26(43)34-17(7-9-23(31)40)25(42)35-18(8-10-24(32)41)29(46)38-11-5-6-22(38)28(45)37-21(30(47)48-4)14-50-49-13-20(27(44)36-19)33-16(3)39/h15,17-22H,5-14H2,1-4H3,(H2,31,40)(H2,32,41)(H,33,39)(H,34,43)(H,35,42)(H,36,44)(H,37,45)/t17-,18-,19-,20-,21-,22-/m0/s1. The highest BCUT2D eigenvalue weighted by Crippen LogP contribution is 2.25. The molecule has 2 saturated heterocycles. The Hall–Kier alpha value is -4.07. The number of amides is 8. The molecule has 2 rings (SSSR count). The molecular formula is C30H48N8O10S2. The fraction of sp³-hybridized carbons (Fsp3) is 0.700. The number of fused-ring (bicyclic) bond motifs is 1. The molecule has 9 N–H and O–H groups in total. The topological polar surface area (TPSA) is 278 Å². The van der Waals surface area contributed by atoms with Crippen LogP contribution in [-0.4, -0.2) is 120 Å². The van der Waals surface area contributed by atoms with Gasteiger partial charge in [-0.15, -0.1) is 0 Å². The molecule has 20 heteroatoms. The second-order valence-corrected chi connectivity index (χ2v) is 15.0. The van der Waals surface area contributed by atoms with Crippen LogP contribution in [0.5, 0.6) is 0 Å². The lowest BCUT2D eigenvalue weighted by atomic mass is 10.0. The van der Waals surface area contributed by atoms with E-state index in [9.17, 15) is 43.2 Å². The number of carbonyl (C=O) groups excluding carboxylic acids is 9. The Kier molecular flexibility index (Phi) is 17.3. The Bertz CT molecular complexity index is 1300. The summed E-state index contributed by atoms with van der Waals surface area (Å²) in [5.74, 6) is -6.60. The lowest BCUT2D eigenvalue weighted by Crippen LogP contribution is -2.60. The first kappa shape index (κ1) is 42.1. The molecule has 8 amide bonds. The van der Waals surface area contributed by atoms with Crippen molar-refractivity contribution in [3.63, 3.8) is 0 Å². The molecule has 2 aliphatic rings. The van der Waals surface area contributed by atoms with Crippen LogP contribution >= 0.6 is 21.6 Å². The molecule has 6 atom stereocenters. The molecule has 0 bridgehead atoms. The zero-order valence-corrected chi connectivity index (χ0v) is 30.2. The van der Waals surface area contributed by atoms with Gasteiger partial charge in [-0.2, -0.15) is 0 Å². The highest BCUT2D eigenvalue weighted by atomic mass is 33.1. The van der Waals surface area contributed by atoms with Gasteiger partial charge in [0.2, 0.25) is 47.3 Å². The maximum absolute atomic E-state index is 13.9. The summed E-state index contributed by atoms with van der Waals surface area (Å²) < 4.78 is 4.87. The van der Waals surface area contributed by atoms with E-state index in [-0.39, 0.29) is 62.5 Å². The van der Waals surface area contributed by atoms with Gasteiger partial charge < -0.3 is 47.7 Å². The van der Waals surface area contributed by atoms with Gasteiger partial charge in [0.15, 0.2) is 0 Å². The highest BCUT2D eigenvalue weighted by Gasteiger charge is 2.40. The molecule has 280 valence electrons. The first-order valence-electron chi connectivity index (χ1n) is 16.2. The first-order valence-corrected chi connectivity index (χ1v) is 18.7. The molecule has 50 heavy (non-hydrogen) atoms. The molecule has 0 aromatic rings. The van der Waals surface area contributed by atoms with Crippen molar-refractivity contribution >= 4 is 74.8 Å². The third kappa shape index (κ3) is 13.7. The van der Waals surface area contributed by atoms with Crippen molar-refractivity contribution in [1.29, 1.82) is 0 Å². The van der Waals surface area contributed by atoms with Gasteiger partial charge in [-0.3, -0.25) is 38.4 Å². The summed E-state index contributed by atoms with van der Waals surface area (Å²) in [6, 6.07) is -7.23. The zero-order chi connectivity index (χ0) is 37.5. The molecule has 2 aliphatic heterocycles. The molecule has 2 heterocycles. The van der Waals surface area contributed by atoms with Crippen LogP contribution in [0.2, 0.25) is 0 Å². The fourth-order valence-electron chi connectivity index (χ4n) is 5.36. The van der Waals surface area contributed by atoms with E-state index in [2.05, 4.69) is 26.6 Å². The van der Waals surface area contributed by atoms with E-state index in [1.807, 2.05) is 13.8 Å². The van der Waals surface area contributed by atoms with Gasteiger partial charge in [0, 0.05) is 37.8 Å². The lowest BCUT2D eigenvalue weighted by molar-refractivity contribution is -0.146. The van der Waals surface area contributed by atoms with Gasteiger partial charge in [0.25, 0.3) is 0 Å². The van der Waals surface area contributed by atoms with Gasteiger partial charge in [-0.25, -0.2) is 4.79 Å². The third-order valence-corrected chi connectivity index (χ3v) is 10.3. The normalized spacial score (nSPS) is 26.1. The van der Waals surface area contributed by atoms with E-state index in [1.165, 1.54) is 11.8 Å². The van der Waals surface area contributed by atoms with Crippen LogP contribution in [0, 0.1) is 5.92 Å². The molecule has 0 unspecified atom stereocenters. The average Bonchev–Trinajstić information content (AvgIpc) is 3.53. The Morgan fingerprint density at radius 3 is 1.98 bits per heavy atom.